The van der Waals surface area contributed by atoms with Crippen molar-refractivity contribution in [3.05, 3.63) is 143 Å². The van der Waals surface area contributed by atoms with Gasteiger partial charge in [0.25, 0.3) is 0 Å². The molecule has 0 heterocycles. The van der Waals surface area contributed by atoms with Gasteiger partial charge in [-0.3, -0.25) is 4.79 Å². The van der Waals surface area contributed by atoms with E-state index in [4.69, 9.17) is 20.1 Å². The molecule has 0 aliphatic rings. The lowest BCUT2D eigenvalue weighted by molar-refractivity contribution is -1.91. The van der Waals surface area contributed by atoms with Crippen molar-refractivity contribution in [3.63, 3.8) is 0 Å². The highest BCUT2D eigenvalue weighted by atomic mass is 35.7. The molecular weight excluding hydrogens is 684 g/mol. The maximum atomic E-state index is 13.4. The number of benzene rings is 5. The number of hydrogen-bond acceptors (Lipinski definition) is 7. The molecule has 5 aromatic rings. The highest BCUT2D eigenvalue weighted by Crippen LogP contribution is 2.70. The molecule has 6 nitrogen and oxygen atoms in total. The molecular formula is C33H23Cl2F3O6S2. The summed E-state index contributed by atoms with van der Waals surface area (Å²) in [5.41, 5.74) is -0.168. The number of carbonyl (C=O) groups is 1. The molecule has 0 N–H and O–H groups in total. The Morgan fingerprint density at radius 2 is 1.28 bits per heavy atom. The second kappa shape index (κ2) is 13.7. The fourth-order valence-corrected chi connectivity index (χ4v) is 9.79. The van der Waals surface area contributed by atoms with Gasteiger partial charge in [0.15, 0.2) is 5.78 Å². The van der Waals surface area contributed by atoms with Crippen molar-refractivity contribution >= 4 is 39.5 Å². The van der Waals surface area contributed by atoms with Gasteiger partial charge in [-0.15, -0.1) is 0 Å². The second-order valence-electron chi connectivity index (χ2n) is 9.61. The average Bonchev–Trinajstić information content (AvgIpc) is 3.04. The van der Waals surface area contributed by atoms with Gasteiger partial charge in [-0.05, 0) is 91.0 Å². The fraction of sp³-hybridized carbons (Fsp3) is 0.0606. The van der Waals surface area contributed by atoms with Gasteiger partial charge in [0.1, 0.15) is 9.49 Å². The topological polar surface area (TPSA) is 105 Å². The summed E-state index contributed by atoms with van der Waals surface area (Å²) in [6, 6.07) is 30.0. The molecule has 0 spiro atoms. The average molecular weight is 708 g/mol. The van der Waals surface area contributed by atoms with E-state index in [9.17, 15) is 31.9 Å². The summed E-state index contributed by atoms with van der Waals surface area (Å²) in [6.45, 7) is 0. The molecule has 0 aliphatic heterocycles. The van der Waals surface area contributed by atoms with Gasteiger partial charge in [-0.25, -0.2) is 0 Å². The zero-order chi connectivity index (χ0) is 33.1. The molecule has 5 aromatic carbocycles. The molecule has 1 unspecified atom stereocenters. The predicted octanol–water partition coefficient (Wildman–Crippen LogP) is 6.86. The normalized spacial score (nSPS) is 13.9. The second-order valence-corrected chi connectivity index (χ2v) is 14.9. The van der Waals surface area contributed by atoms with E-state index in [-0.39, 0.29) is 25.5 Å². The number of carbonyl (C=O) groups excluding carboxylic acids is 1. The lowest BCUT2D eigenvalue weighted by atomic mass is 10.0. The SMILES string of the molecule is COc1ccc(S(O[Cl+3]([O-])([O-])[O-])(c2ccc(Sc3ccc(Cl)c(C(=O)c4ccccc4)c3)cc2)c2ccc(C(F)(F)F)cc2)cc1. The third-order valence-corrected chi connectivity index (χ3v) is 12.2. The van der Waals surface area contributed by atoms with Crippen molar-refractivity contribution < 1.29 is 50.7 Å². The first kappa shape index (κ1) is 33.8. The molecule has 0 fully saturated rings. The predicted molar refractivity (Wildman–Crippen MR) is 160 cm³/mol. The van der Waals surface area contributed by atoms with Crippen LogP contribution >= 0.6 is 33.7 Å². The van der Waals surface area contributed by atoms with Crippen LogP contribution in [0.25, 0.3) is 0 Å². The minimum atomic E-state index is -5.07. The number of halogens is 5. The standard InChI is InChI=1S/C33H23Cl2F3O6S2/c1-43-24-9-16-28(17-10-24)46(44-35(40,41)42,27-14-7-23(8-15-27)33(36,37)38)29-18-11-25(12-19-29)45-26-13-20-31(34)30(21-26)32(39)22-5-3-2-4-6-22/h2-21H,1H3. The van der Waals surface area contributed by atoms with E-state index in [1.165, 1.54) is 43.1 Å². The molecule has 13 heteroatoms. The number of ketones is 1. The molecule has 5 rings (SSSR count). The van der Waals surface area contributed by atoms with E-state index in [1.807, 2.05) is 0 Å². The number of alkyl halides is 3. The minimum absolute atomic E-state index is 0.0414. The molecule has 46 heavy (non-hydrogen) atoms. The van der Waals surface area contributed by atoms with Crippen LogP contribution in [-0.4, -0.2) is 12.9 Å². The molecule has 0 amide bonds. The quantitative estimate of drug-likeness (QED) is 0.146. The van der Waals surface area contributed by atoms with E-state index in [1.54, 1.807) is 72.8 Å². The number of methoxy groups -OCH3 is 1. The first-order valence-corrected chi connectivity index (χ1v) is 17.2. The number of hydrogen-bond donors (Lipinski definition) is 0. The van der Waals surface area contributed by atoms with Crippen molar-refractivity contribution in [1.82, 2.24) is 0 Å². The number of rotatable bonds is 10. The summed E-state index contributed by atoms with van der Waals surface area (Å²) in [7, 11) is -7.06. The van der Waals surface area contributed by atoms with Gasteiger partial charge >= 0.3 is 6.18 Å². The maximum absolute atomic E-state index is 13.4. The Labute approximate surface area is 275 Å². The Morgan fingerprint density at radius 1 is 0.761 bits per heavy atom. The van der Waals surface area contributed by atoms with E-state index < -0.39 is 32.3 Å². The Hall–Kier alpha value is -3.52. The smallest absolute Gasteiger partial charge is 0.416 e. The van der Waals surface area contributed by atoms with E-state index in [0.29, 0.717) is 26.7 Å². The first-order chi connectivity index (χ1) is 21.8. The van der Waals surface area contributed by atoms with Gasteiger partial charge in [-0.1, -0.05) is 53.7 Å². The first-order valence-electron chi connectivity index (χ1n) is 13.2. The number of ether oxygens (including phenoxy) is 1. The summed E-state index contributed by atoms with van der Waals surface area (Å²) < 4.78 is 87.4. The summed E-state index contributed by atoms with van der Waals surface area (Å²) in [4.78, 5) is 14.9. The largest absolute Gasteiger partial charge is 0.497 e. The van der Waals surface area contributed by atoms with Crippen molar-refractivity contribution in [3.8, 4) is 5.75 Å². The Bertz CT molecular complexity index is 1820. The van der Waals surface area contributed by atoms with Crippen molar-refractivity contribution in [2.45, 2.75) is 30.7 Å². The molecule has 0 radical (unpaired) electrons. The van der Waals surface area contributed by atoms with Crippen molar-refractivity contribution in [2.75, 3.05) is 7.11 Å². The van der Waals surface area contributed by atoms with Crippen LogP contribution in [0.2, 0.25) is 5.02 Å². The van der Waals surface area contributed by atoms with Crippen LogP contribution in [0.3, 0.4) is 0 Å². The molecule has 1 atom stereocenters. The monoisotopic (exact) mass is 706 g/mol. The Kier molecular flexibility index (Phi) is 10.1. The van der Waals surface area contributed by atoms with Crippen LogP contribution in [0.15, 0.2) is 146 Å². The molecule has 238 valence electrons. The molecule has 0 saturated heterocycles. The summed E-state index contributed by atoms with van der Waals surface area (Å²) in [5, 5.41) is 0.285. The van der Waals surface area contributed by atoms with Crippen molar-refractivity contribution in [1.29, 1.82) is 0 Å². The van der Waals surface area contributed by atoms with Crippen LogP contribution in [-0.2, 0) is 9.91 Å². The summed E-state index contributed by atoms with van der Waals surface area (Å²) >= 11 is 7.64. The zero-order valence-electron chi connectivity index (χ0n) is 23.7. The van der Waals surface area contributed by atoms with Crippen LogP contribution in [0.4, 0.5) is 13.2 Å². The fourth-order valence-electron chi connectivity index (χ4n) is 4.56. The molecule has 0 bridgehead atoms. The van der Waals surface area contributed by atoms with Gasteiger partial charge in [-0.2, -0.15) is 27.1 Å². The lowest BCUT2D eigenvalue weighted by Gasteiger charge is -2.35. The van der Waals surface area contributed by atoms with E-state index in [2.05, 4.69) is 0 Å². The van der Waals surface area contributed by atoms with Gasteiger partial charge < -0.3 is 4.74 Å². The van der Waals surface area contributed by atoms with Crippen LogP contribution in [0.1, 0.15) is 21.5 Å². The van der Waals surface area contributed by atoms with Crippen molar-refractivity contribution in [2.24, 2.45) is 0 Å². The van der Waals surface area contributed by atoms with Gasteiger partial charge in [0.2, 0.25) is 0 Å². The summed E-state index contributed by atoms with van der Waals surface area (Å²) in [5.74, 6) is 0.176. The van der Waals surface area contributed by atoms with E-state index in [0.717, 1.165) is 24.3 Å². The van der Waals surface area contributed by atoms with E-state index >= 15 is 0 Å². The third kappa shape index (κ3) is 7.54. The maximum Gasteiger partial charge on any atom is 0.416 e. The lowest BCUT2D eigenvalue weighted by Crippen LogP contribution is -2.61. The molecule has 0 aromatic heterocycles. The minimum Gasteiger partial charge on any atom is -0.497 e. The van der Waals surface area contributed by atoms with Crippen LogP contribution < -0.4 is 18.7 Å². The molecule has 0 saturated carbocycles. The van der Waals surface area contributed by atoms with Crippen LogP contribution in [0, 0.1) is 10.2 Å². The molecule has 0 aliphatic carbocycles. The summed E-state index contributed by atoms with van der Waals surface area (Å²) in [6.07, 6.45) is -4.65. The highest BCUT2D eigenvalue weighted by molar-refractivity contribution is 8.29. The zero-order valence-corrected chi connectivity index (χ0v) is 26.8. The highest BCUT2D eigenvalue weighted by Gasteiger charge is 2.47. The Balaban J connectivity index is 1.57. The van der Waals surface area contributed by atoms with Crippen LogP contribution in [0.5, 0.6) is 5.75 Å². The van der Waals surface area contributed by atoms with Gasteiger partial charge in [0.05, 0.1) is 38.2 Å². The third-order valence-electron chi connectivity index (χ3n) is 6.69. The Morgan fingerprint density at radius 3 is 1.80 bits per heavy atom. The van der Waals surface area contributed by atoms with Gasteiger partial charge in [0, 0.05) is 35.6 Å².